The number of hydrogen-bond donors (Lipinski definition) is 1. The van der Waals surface area contributed by atoms with E-state index in [-0.39, 0.29) is 12.0 Å². The maximum Gasteiger partial charge on any atom is 0.257 e. The second-order valence-corrected chi connectivity index (χ2v) is 8.06. The Bertz CT molecular complexity index is 1180. The van der Waals surface area contributed by atoms with E-state index in [2.05, 4.69) is 32.6 Å². The molecule has 0 spiro atoms. The molecule has 0 aliphatic heterocycles. The number of rotatable bonds is 8. The third-order valence-corrected chi connectivity index (χ3v) is 5.58. The van der Waals surface area contributed by atoms with Gasteiger partial charge in [-0.15, -0.1) is 10.2 Å². The van der Waals surface area contributed by atoms with E-state index in [4.69, 9.17) is 9.47 Å². The summed E-state index contributed by atoms with van der Waals surface area (Å²) in [6.07, 6.45) is 4.08. The molecule has 7 nitrogen and oxygen atoms in total. The van der Waals surface area contributed by atoms with Crippen molar-refractivity contribution in [1.29, 1.82) is 0 Å². The van der Waals surface area contributed by atoms with Crippen LogP contribution in [0.5, 0.6) is 11.5 Å². The second kappa shape index (κ2) is 10.0. The van der Waals surface area contributed by atoms with Gasteiger partial charge >= 0.3 is 0 Å². The number of carbonyl (C=O) groups is 1. The van der Waals surface area contributed by atoms with Gasteiger partial charge in [0, 0.05) is 29.9 Å². The third-order valence-electron chi connectivity index (χ3n) is 4.69. The van der Waals surface area contributed by atoms with E-state index in [1.807, 2.05) is 37.3 Å². The minimum absolute atomic E-state index is 0.0565. The van der Waals surface area contributed by atoms with Crippen LogP contribution in [0.2, 0.25) is 0 Å². The van der Waals surface area contributed by atoms with E-state index in [1.165, 1.54) is 16.9 Å². The van der Waals surface area contributed by atoms with Gasteiger partial charge in [0.15, 0.2) is 11.5 Å². The molecule has 8 heteroatoms. The Labute approximate surface area is 190 Å². The Morgan fingerprint density at radius 2 is 1.81 bits per heavy atom. The van der Waals surface area contributed by atoms with Crippen LogP contribution in [0.1, 0.15) is 22.8 Å². The summed E-state index contributed by atoms with van der Waals surface area (Å²) in [6.45, 7) is 2.00. The number of benzene rings is 2. The van der Waals surface area contributed by atoms with Crippen LogP contribution in [0.3, 0.4) is 0 Å². The molecule has 0 aliphatic carbocycles. The number of pyridine rings is 1. The highest BCUT2D eigenvalue weighted by molar-refractivity contribution is 7.18. The molecule has 2 aromatic heterocycles. The van der Waals surface area contributed by atoms with Crippen molar-refractivity contribution in [3.63, 3.8) is 0 Å². The molecule has 0 saturated heterocycles. The summed E-state index contributed by atoms with van der Waals surface area (Å²) in [5.74, 6) is 0.778. The van der Waals surface area contributed by atoms with Crippen molar-refractivity contribution in [3.05, 3.63) is 84.2 Å². The van der Waals surface area contributed by atoms with Gasteiger partial charge in [-0.25, -0.2) is 0 Å². The summed E-state index contributed by atoms with van der Waals surface area (Å²) < 4.78 is 11.5. The predicted octanol–water partition coefficient (Wildman–Crippen LogP) is 4.87. The first-order valence-corrected chi connectivity index (χ1v) is 10.9. The number of methoxy groups -OCH3 is 1. The molecule has 1 atom stereocenters. The molecule has 32 heavy (non-hydrogen) atoms. The second-order valence-electron chi connectivity index (χ2n) is 7.09. The molecular formula is C24H22N4O3S. The van der Waals surface area contributed by atoms with Crippen LogP contribution in [0.15, 0.2) is 73.1 Å². The Morgan fingerprint density at radius 3 is 2.56 bits per heavy atom. The number of aromatic nitrogens is 3. The van der Waals surface area contributed by atoms with E-state index in [9.17, 15) is 4.79 Å². The smallest absolute Gasteiger partial charge is 0.257 e. The minimum atomic E-state index is -0.301. The van der Waals surface area contributed by atoms with Crippen LogP contribution in [-0.2, 0) is 6.42 Å². The largest absolute Gasteiger partial charge is 0.493 e. The highest BCUT2D eigenvalue weighted by Crippen LogP contribution is 2.30. The maximum atomic E-state index is 12.7. The van der Waals surface area contributed by atoms with Crippen LogP contribution in [0.4, 0.5) is 5.13 Å². The van der Waals surface area contributed by atoms with E-state index in [0.29, 0.717) is 27.2 Å². The fraction of sp³-hybridized carbons (Fsp3) is 0.167. The van der Waals surface area contributed by atoms with Gasteiger partial charge in [0.25, 0.3) is 5.91 Å². The summed E-state index contributed by atoms with van der Waals surface area (Å²) in [7, 11) is 1.55. The average molecular weight is 447 g/mol. The van der Waals surface area contributed by atoms with E-state index >= 15 is 0 Å². The molecule has 162 valence electrons. The lowest BCUT2D eigenvalue weighted by Crippen LogP contribution is -2.16. The van der Waals surface area contributed by atoms with Crippen molar-refractivity contribution in [2.45, 2.75) is 19.4 Å². The molecule has 4 rings (SSSR count). The zero-order chi connectivity index (χ0) is 22.3. The van der Waals surface area contributed by atoms with Gasteiger partial charge in [-0.2, -0.15) is 0 Å². The first kappa shape index (κ1) is 21.5. The highest BCUT2D eigenvalue weighted by atomic mass is 32.1. The van der Waals surface area contributed by atoms with Crippen molar-refractivity contribution in [3.8, 4) is 22.1 Å². The fourth-order valence-electron chi connectivity index (χ4n) is 3.16. The summed E-state index contributed by atoms with van der Waals surface area (Å²) in [4.78, 5) is 16.7. The third kappa shape index (κ3) is 5.28. The quantitative estimate of drug-likeness (QED) is 0.416. The van der Waals surface area contributed by atoms with Gasteiger partial charge in [-0.1, -0.05) is 41.7 Å². The topological polar surface area (TPSA) is 86.2 Å². The molecule has 0 aliphatic rings. The van der Waals surface area contributed by atoms with E-state index < -0.39 is 0 Å². The molecule has 1 N–H and O–H groups in total. The Morgan fingerprint density at radius 1 is 1.03 bits per heavy atom. The lowest BCUT2D eigenvalue weighted by Gasteiger charge is -2.17. The molecule has 4 aromatic rings. The standard InChI is InChI=1S/C24H22N4O3S/c1-16(14-17-6-4-3-5-7-17)31-20-9-8-19(15-21(20)30-2)22(29)26-24-28-27-23(32-24)18-10-12-25-13-11-18/h3-13,15-16H,14H2,1-2H3,(H,26,28,29)/t16-/m1/s1. The lowest BCUT2D eigenvalue weighted by atomic mass is 10.1. The van der Waals surface area contributed by atoms with Gasteiger partial charge in [0.2, 0.25) is 5.13 Å². The van der Waals surface area contributed by atoms with Crippen molar-refractivity contribution >= 4 is 22.4 Å². The molecule has 1 amide bonds. The van der Waals surface area contributed by atoms with Gasteiger partial charge in [-0.3, -0.25) is 15.1 Å². The molecule has 0 fully saturated rings. The molecule has 0 radical (unpaired) electrons. The first-order chi connectivity index (χ1) is 15.6. The van der Waals surface area contributed by atoms with Crippen molar-refractivity contribution < 1.29 is 14.3 Å². The van der Waals surface area contributed by atoms with Crippen LogP contribution < -0.4 is 14.8 Å². The van der Waals surface area contributed by atoms with Gasteiger partial charge in [0.1, 0.15) is 11.1 Å². The highest BCUT2D eigenvalue weighted by Gasteiger charge is 2.16. The van der Waals surface area contributed by atoms with Crippen LogP contribution in [-0.4, -0.2) is 34.3 Å². The number of amides is 1. The molecule has 0 unspecified atom stereocenters. The maximum absolute atomic E-state index is 12.7. The molecule has 2 heterocycles. The molecule has 0 saturated carbocycles. The Hall–Kier alpha value is -3.78. The van der Waals surface area contributed by atoms with Gasteiger partial charge < -0.3 is 9.47 Å². The molecule has 0 bridgehead atoms. The number of anilines is 1. The minimum Gasteiger partial charge on any atom is -0.493 e. The van der Waals surface area contributed by atoms with Crippen LogP contribution in [0, 0.1) is 0 Å². The fourth-order valence-corrected chi connectivity index (χ4v) is 3.91. The van der Waals surface area contributed by atoms with Crippen LogP contribution >= 0.6 is 11.3 Å². The zero-order valence-corrected chi connectivity index (χ0v) is 18.5. The summed E-state index contributed by atoms with van der Waals surface area (Å²) in [5, 5.41) is 12.1. The number of hydrogen-bond acceptors (Lipinski definition) is 7. The number of nitrogens with zero attached hydrogens (tertiary/aromatic N) is 3. The summed E-state index contributed by atoms with van der Waals surface area (Å²) in [6, 6.07) is 18.9. The average Bonchev–Trinajstić information content (AvgIpc) is 3.29. The summed E-state index contributed by atoms with van der Waals surface area (Å²) in [5.41, 5.74) is 2.52. The first-order valence-electron chi connectivity index (χ1n) is 10.1. The van der Waals surface area contributed by atoms with Crippen molar-refractivity contribution in [2.24, 2.45) is 0 Å². The van der Waals surface area contributed by atoms with Gasteiger partial charge in [-0.05, 0) is 42.8 Å². The number of nitrogens with one attached hydrogen (secondary N) is 1. The molecule has 2 aromatic carbocycles. The van der Waals surface area contributed by atoms with E-state index in [0.717, 1.165) is 12.0 Å². The monoisotopic (exact) mass is 446 g/mol. The van der Waals surface area contributed by atoms with Crippen molar-refractivity contribution in [2.75, 3.05) is 12.4 Å². The number of carbonyl (C=O) groups excluding carboxylic acids is 1. The Balaban J connectivity index is 1.43. The molecular weight excluding hydrogens is 424 g/mol. The normalized spacial score (nSPS) is 11.6. The Kier molecular flexibility index (Phi) is 6.72. The SMILES string of the molecule is COc1cc(C(=O)Nc2nnc(-c3ccncc3)s2)ccc1O[C@H](C)Cc1ccccc1. The van der Waals surface area contributed by atoms with E-state index in [1.54, 1.807) is 37.7 Å². The van der Waals surface area contributed by atoms with Crippen LogP contribution in [0.25, 0.3) is 10.6 Å². The lowest BCUT2D eigenvalue weighted by molar-refractivity contribution is 0.102. The summed E-state index contributed by atoms with van der Waals surface area (Å²) >= 11 is 1.29. The van der Waals surface area contributed by atoms with Gasteiger partial charge in [0.05, 0.1) is 7.11 Å². The predicted molar refractivity (Wildman–Crippen MR) is 124 cm³/mol. The number of ether oxygens (including phenoxy) is 2. The zero-order valence-electron chi connectivity index (χ0n) is 17.7. The van der Waals surface area contributed by atoms with Crippen molar-refractivity contribution in [1.82, 2.24) is 15.2 Å².